The Balaban J connectivity index is 2.44. The molecule has 0 aromatic carbocycles. The number of hydrogen-bond acceptors (Lipinski definition) is 4. The lowest BCUT2D eigenvalue weighted by molar-refractivity contribution is 0.761. The topological polar surface area (TPSA) is 47.3 Å². The lowest BCUT2D eigenvalue weighted by atomic mass is 10.3. The third-order valence-electron chi connectivity index (χ3n) is 2.22. The third kappa shape index (κ3) is 2.25. The van der Waals surface area contributed by atoms with Crippen molar-refractivity contribution in [2.24, 2.45) is 0 Å². The fourth-order valence-electron chi connectivity index (χ4n) is 1.39. The van der Waals surface area contributed by atoms with Crippen molar-refractivity contribution in [2.75, 3.05) is 0 Å². The molecular formula is C10H12ClN3OS. The SMILES string of the molecule is CCCCc1nn2c(=O)cc(CCl)nc2s1. The molecule has 0 atom stereocenters. The first-order chi connectivity index (χ1) is 7.74. The average Bonchev–Trinajstić information content (AvgIpc) is 2.69. The summed E-state index contributed by atoms with van der Waals surface area (Å²) in [5.74, 6) is 0.258. The maximum Gasteiger partial charge on any atom is 0.275 e. The molecule has 86 valence electrons. The molecule has 2 heterocycles. The first-order valence-electron chi connectivity index (χ1n) is 5.19. The molecule has 0 aliphatic rings. The molecule has 0 bridgehead atoms. The minimum absolute atomic E-state index is 0.153. The van der Waals surface area contributed by atoms with Crippen LogP contribution in [0.15, 0.2) is 10.9 Å². The molecule has 2 aromatic heterocycles. The molecule has 0 saturated carbocycles. The second-order valence-corrected chi connectivity index (χ2v) is 4.82. The van der Waals surface area contributed by atoms with Gasteiger partial charge in [0.15, 0.2) is 0 Å². The van der Waals surface area contributed by atoms with Gasteiger partial charge >= 0.3 is 0 Å². The molecule has 0 saturated heterocycles. The van der Waals surface area contributed by atoms with Crippen LogP contribution in [0.2, 0.25) is 0 Å². The van der Waals surface area contributed by atoms with Gasteiger partial charge in [0.2, 0.25) is 4.96 Å². The standard InChI is InChI=1S/C10H12ClN3OS/c1-2-3-4-8-13-14-9(15)5-7(6-11)12-10(14)16-8/h5H,2-4,6H2,1H3. The summed E-state index contributed by atoms with van der Waals surface area (Å²) in [6, 6.07) is 1.43. The van der Waals surface area contributed by atoms with E-state index in [4.69, 9.17) is 11.6 Å². The van der Waals surface area contributed by atoms with Gasteiger partial charge in [-0.25, -0.2) is 4.98 Å². The smallest absolute Gasteiger partial charge is 0.267 e. The average molecular weight is 258 g/mol. The van der Waals surface area contributed by atoms with Gasteiger partial charge in [-0.1, -0.05) is 24.7 Å². The van der Waals surface area contributed by atoms with Crippen LogP contribution in [0.1, 0.15) is 30.5 Å². The van der Waals surface area contributed by atoms with Crippen molar-refractivity contribution in [2.45, 2.75) is 32.1 Å². The number of halogens is 1. The predicted molar refractivity (Wildman–Crippen MR) is 65.3 cm³/mol. The van der Waals surface area contributed by atoms with Crippen LogP contribution in [0, 0.1) is 0 Å². The van der Waals surface area contributed by atoms with Crippen molar-refractivity contribution in [1.29, 1.82) is 0 Å². The number of aromatic nitrogens is 3. The van der Waals surface area contributed by atoms with Crippen LogP contribution in [0.4, 0.5) is 0 Å². The molecule has 0 unspecified atom stereocenters. The molecule has 4 nitrogen and oxygen atoms in total. The van der Waals surface area contributed by atoms with Gasteiger partial charge < -0.3 is 0 Å². The van der Waals surface area contributed by atoms with Crippen LogP contribution in [0.3, 0.4) is 0 Å². The lowest BCUT2D eigenvalue weighted by Crippen LogP contribution is -2.15. The number of nitrogens with zero attached hydrogens (tertiary/aromatic N) is 3. The summed E-state index contributed by atoms with van der Waals surface area (Å²) in [6.07, 6.45) is 3.10. The van der Waals surface area contributed by atoms with Crippen LogP contribution in [-0.4, -0.2) is 14.6 Å². The van der Waals surface area contributed by atoms with E-state index in [0.717, 1.165) is 24.3 Å². The number of fused-ring (bicyclic) bond motifs is 1. The molecule has 2 rings (SSSR count). The summed E-state index contributed by atoms with van der Waals surface area (Å²) in [5, 5.41) is 5.20. The van der Waals surface area contributed by atoms with Crippen molar-refractivity contribution in [3.63, 3.8) is 0 Å². The van der Waals surface area contributed by atoms with E-state index in [2.05, 4.69) is 17.0 Å². The molecule has 6 heteroatoms. The number of alkyl halides is 1. The van der Waals surface area contributed by atoms with Gasteiger partial charge in [0, 0.05) is 12.5 Å². The second kappa shape index (κ2) is 4.93. The zero-order chi connectivity index (χ0) is 11.5. The monoisotopic (exact) mass is 257 g/mol. The largest absolute Gasteiger partial charge is 0.275 e. The minimum atomic E-state index is -0.153. The normalized spacial score (nSPS) is 11.1. The Hall–Kier alpha value is -0.940. The van der Waals surface area contributed by atoms with Crippen molar-refractivity contribution in [3.8, 4) is 0 Å². The first-order valence-corrected chi connectivity index (χ1v) is 6.54. The molecule has 0 amide bonds. The molecule has 16 heavy (non-hydrogen) atoms. The highest BCUT2D eigenvalue weighted by Crippen LogP contribution is 2.14. The molecular weight excluding hydrogens is 246 g/mol. The Labute approximate surface area is 102 Å². The lowest BCUT2D eigenvalue weighted by Gasteiger charge is -1.92. The van der Waals surface area contributed by atoms with Gasteiger partial charge in [-0.3, -0.25) is 4.79 Å². The molecule has 0 spiro atoms. The van der Waals surface area contributed by atoms with Gasteiger partial charge in [0.05, 0.1) is 11.6 Å². The Morgan fingerprint density at radius 3 is 3.06 bits per heavy atom. The van der Waals surface area contributed by atoms with Gasteiger partial charge in [-0.2, -0.15) is 9.61 Å². The summed E-state index contributed by atoms with van der Waals surface area (Å²) in [5.41, 5.74) is 0.456. The molecule has 0 aliphatic heterocycles. The fourth-order valence-corrected chi connectivity index (χ4v) is 2.49. The molecule has 0 radical (unpaired) electrons. The molecule has 0 aliphatic carbocycles. The third-order valence-corrected chi connectivity index (χ3v) is 3.46. The summed E-state index contributed by atoms with van der Waals surface area (Å²) in [4.78, 5) is 16.6. The Bertz CT molecular complexity index is 548. The van der Waals surface area contributed by atoms with Crippen LogP contribution in [0.25, 0.3) is 4.96 Å². The van der Waals surface area contributed by atoms with Crippen LogP contribution in [0.5, 0.6) is 0 Å². The van der Waals surface area contributed by atoms with E-state index in [9.17, 15) is 4.79 Å². The summed E-state index contributed by atoms with van der Waals surface area (Å²) in [6.45, 7) is 2.13. The number of aryl methyl sites for hydroxylation is 1. The molecule has 2 aromatic rings. The van der Waals surface area contributed by atoms with Crippen molar-refractivity contribution >= 4 is 27.9 Å². The number of rotatable bonds is 4. The quantitative estimate of drug-likeness (QED) is 0.789. The Morgan fingerprint density at radius 2 is 2.38 bits per heavy atom. The van der Waals surface area contributed by atoms with Crippen LogP contribution < -0.4 is 5.56 Å². The van der Waals surface area contributed by atoms with Crippen molar-refractivity contribution < 1.29 is 0 Å². The number of hydrogen-bond donors (Lipinski definition) is 0. The van der Waals surface area contributed by atoms with E-state index in [1.165, 1.54) is 21.9 Å². The zero-order valence-corrected chi connectivity index (χ0v) is 10.5. The van der Waals surface area contributed by atoms with Gasteiger partial charge in [0.25, 0.3) is 5.56 Å². The van der Waals surface area contributed by atoms with E-state index < -0.39 is 0 Å². The van der Waals surface area contributed by atoms with E-state index in [-0.39, 0.29) is 11.4 Å². The fraction of sp³-hybridized carbons (Fsp3) is 0.500. The van der Waals surface area contributed by atoms with Crippen LogP contribution >= 0.6 is 22.9 Å². The maximum atomic E-state index is 11.7. The van der Waals surface area contributed by atoms with E-state index in [1.54, 1.807) is 0 Å². The van der Waals surface area contributed by atoms with Gasteiger partial charge in [-0.05, 0) is 6.42 Å². The van der Waals surface area contributed by atoms with Gasteiger partial charge in [-0.15, -0.1) is 11.6 Å². The highest BCUT2D eigenvalue weighted by Gasteiger charge is 2.07. The Kier molecular flexibility index (Phi) is 3.56. The highest BCUT2D eigenvalue weighted by atomic mass is 35.5. The molecule has 0 N–H and O–H groups in total. The zero-order valence-electron chi connectivity index (χ0n) is 8.94. The number of unbranched alkanes of at least 4 members (excludes halogenated alkanes) is 1. The minimum Gasteiger partial charge on any atom is -0.267 e. The highest BCUT2D eigenvalue weighted by molar-refractivity contribution is 7.16. The summed E-state index contributed by atoms with van der Waals surface area (Å²) in [7, 11) is 0. The Morgan fingerprint density at radius 1 is 1.56 bits per heavy atom. The van der Waals surface area contributed by atoms with Gasteiger partial charge in [0.1, 0.15) is 5.01 Å². The predicted octanol–water partition coefficient (Wildman–Crippen LogP) is 2.23. The van der Waals surface area contributed by atoms with Crippen molar-refractivity contribution in [1.82, 2.24) is 14.6 Å². The van der Waals surface area contributed by atoms with E-state index >= 15 is 0 Å². The van der Waals surface area contributed by atoms with Crippen molar-refractivity contribution in [3.05, 3.63) is 27.1 Å². The first kappa shape index (κ1) is 11.5. The van der Waals surface area contributed by atoms with Crippen LogP contribution in [-0.2, 0) is 12.3 Å². The van der Waals surface area contributed by atoms with E-state index in [0.29, 0.717) is 10.7 Å². The summed E-state index contributed by atoms with van der Waals surface area (Å²) < 4.78 is 1.35. The summed E-state index contributed by atoms with van der Waals surface area (Å²) >= 11 is 7.13. The maximum absolute atomic E-state index is 11.7. The second-order valence-electron chi connectivity index (χ2n) is 3.51. The molecule has 0 fully saturated rings. The van der Waals surface area contributed by atoms with E-state index in [1.807, 2.05) is 0 Å².